The van der Waals surface area contributed by atoms with Gasteiger partial charge in [0.2, 0.25) is 5.91 Å². The lowest BCUT2D eigenvalue weighted by atomic mass is 10.2. The molecule has 0 saturated heterocycles. The van der Waals surface area contributed by atoms with Crippen molar-refractivity contribution in [3.63, 3.8) is 0 Å². The highest BCUT2D eigenvalue weighted by molar-refractivity contribution is 6.99. The molecule has 1 aromatic carbocycles. The molecule has 0 spiro atoms. The number of amides is 2. The number of nitrogens with one attached hydrogen (secondary N) is 1. The third-order valence-corrected chi connectivity index (χ3v) is 4.69. The summed E-state index contributed by atoms with van der Waals surface area (Å²) in [5, 5.41) is 2.98. The maximum atomic E-state index is 13.1. The summed E-state index contributed by atoms with van der Waals surface area (Å²) < 4.78 is 20.9. The first-order valence-electron chi connectivity index (χ1n) is 8.22. The Kier molecular flexibility index (Phi) is 5.70. The van der Waals surface area contributed by atoms with E-state index in [2.05, 4.69) is 14.1 Å². The number of hydrogen-bond donors (Lipinski definition) is 1. The molecular formula is C17H19FN4O2S. The molecule has 0 aliphatic heterocycles. The van der Waals surface area contributed by atoms with Gasteiger partial charge in [0, 0.05) is 12.6 Å². The number of carbonyl (C=O) groups excluding carboxylic acids is 2. The van der Waals surface area contributed by atoms with E-state index in [4.69, 9.17) is 0 Å². The molecule has 1 aromatic heterocycles. The van der Waals surface area contributed by atoms with Crippen molar-refractivity contribution < 1.29 is 14.0 Å². The number of carbonyl (C=O) groups is 2. The third kappa shape index (κ3) is 4.82. The van der Waals surface area contributed by atoms with Gasteiger partial charge in [0.1, 0.15) is 12.4 Å². The molecule has 0 bridgehead atoms. The van der Waals surface area contributed by atoms with Crippen LogP contribution in [0.3, 0.4) is 0 Å². The Morgan fingerprint density at radius 1 is 1.24 bits per heavy atom. The highest BCUT2D eigenvalue weighted by atomic mass is 32.1. The van der Waals surface area contributed by atoms with Crippen molar-refractivity contribution >= 4 is 23.5 Å². The van der Waals surface area contributed by atoms with Gasteiger partial charge < -0.3 is 10.2 Å². The fraction of sp³-hybridized carbons (Fsp3) is 0.412. The molecule has 1 saturated carbocycles. The molecule has 25 heavy (non-hydrogen) atoms. The predicted octanol–water partition coefficient (Wildman–Crippen LogP) is 2.38. The van der Waals surface area contributed by atoms with E-state index in [1.807, 2.05) is 0 Å². The maximum absolute atomic E-state index is 13.1. The van der Waals surface area contributed by atoms with E-state index < -0.39 is 0 Å². The van der Waals surface area contributed by atoms with Crippen LogP contribution >= 0.6 is 11.7 Å². The molecule has 8 heteroatoms. The monoisotopic (exact) mass is 362 g/mol. The van der Waals surface area contributed by atoms with Crippen molar-refractivity contribution in [2.24, 2.45) is 0 Å². The third-order valence-electron chi connectivity index (χ3n) is 4.21. The Morgan fingerprint density at radius 3 is 2.60 bits per heavy atom. The van der Waals surface area contributed by atoms with E-state index in [1.54, 1.807) is 12.1 Å². The Morgan fingerprint density at radius 2 is 1.96 bits per heavy atom. The molecule has 132 valence electrons. The van der Waals surface area contributed by atoms with Gasteiger partial charge in [-0.15, -0.1) is 0 Å². The molecule has 1 aliphatic rings. The average Bonchev–Trinajstić information content (AvgIpc) is 3.29. The number of hydrogen-bond acceptors (Lipinski definition) is 5. The van der Waals surface area contributed by atoms with E-state index in [0.717, 1.165) is 43.0 Å². The lowest BCUT2D eigenvalue weighted by Gasteiger charge is -2.22. The fourth-order valence-corrected chi connectivity index (χ4v) is 3.35. The average molecular weight is 362 g/mol. The topological polar surface area (TPSA) is 75.2 Å². The minimum atomic E-state index is -0.361. The van der Waals surface area contributed by atoms with Crippen molar-refractivity contribution in [1.29, 1.82) is 0 Å². The van der Waals surface area contributed by atoms with Gasteiger partial charge in [-0.2, -0.15) is 8.75 Å². The second kappa shape index (κ2) is 8.15. The quantitative estimate of drug-likeness (QED) is 0.856. The van der Waals surface area contributed by atoms with Crippen molar-refractivity contribution in [3.05, 3.63) is 47.5 Å². The summed E-state index contributed by atoms with van der Waals surface area (Å²) in [6.45, 7) is 0.138. The van der Waals surface area contributed by atoms with Gasteiger partial charge in [0.15, 0.2) is 5.69 Å². The lowest BCUT2D eigenvalue weighted by molar-refractivity contribution is -0.122. The summed E-state index contributed by atoms with van der Waals surface area (Å²) in [6, 6.07) is 6.06. The molecular weight excluding hydrogens is 343 g/mol. The van der Waals surface area contributed by atoms with E-state index in [0.29, 0.717) is 0 Å². The van der Waals surface area contributed by atoms with Crippen LogP contribution in [0.2, 0.25) is 0 Å². The Labute approximate surface area is 149 Å². The highest BCUT2D eigenvalue weighted by Crippen LogP contribution is 2.17. The molecule has 1 fully saturated rings. The smallest absolute Gasteiger partial charge is 0.276 e. The zero-order chi connectivity index (χ0) is 17.6. The van der Waals surface area contributed by atoms with Crippen molar-refractivity contribution in [3.8, 4) is 0 Å². The molecule has 0 radical (unpaired) electrons. The first-order valence-corrected chi connectivity index (χ1v) is 8.95. The number of rotatable bonds is 6. The number of nitrogens with zero attached hydrogens (tertiary/aromatic N) is 3. The zero-order valence-corrected chi connectivity index (χ0v) is 14.5. The normalized spacial score (nSPS) is 14.4. The van der Waals surface area contributed by atoms with Crippen LogP contribution in [-0.4, -0.2) is 38.0 Å². The Hall–Kier alpha value is -2.35. The fourth-order valence-electron chi connectivity index (χ4n) is 2.95. The molecule has 0 unspecified atom stereocenters. The zero-order valence-electron chi connectivity index (χ0n) is 13.7. The van der Waals surface area contributed by atoms with Gasteiger partial charge in [-0.3, -0.25) is 9.59 Å². The second-order valence-corrected chi connectivity index (χ2v) is 6.69. The molecule has 2 aromatic rings. The van der Waals surface area contributed by atoms with Crippen molar-refractivity contribution in [2.45, 2.75) is 38.3 Å². The minimum absolute atomic E-state index is 0.0652. The van der Waals surface area contributed by atoms with Gasteiger partial charge in [-0.05, 0) is 30.5 Å². The summed E-state index contributed by atoms with van der Waals surface area (Å²) in [4.78, 5) is 26.4. The summed E-state index contributed by atoms with van der Waals surface area (Å²) in [5.74, 6) is -0.894. The van der Waals surface area contributed by atoms with Crippen LogP contribution in [0.25, 0.3) is 0 Å². The minimum Gasteiger partial charge on any atom is -0.352 e. The summed E-state index contributed by atoms with van der Waals surface area (Å²) in [6.07, 6.45) is 5.59. The molecule has 1 aliphatic carbocycles. The first-order chi connectivity index (χ1) is 12.1. The van der Waals surface area contributed by atoms with Gasteiger partial charge in [0.05, 0.1) is 17.9 Å². The summed E-state index contributed by atoms with van der Waals surface area (Å²) in [7, 11) is 0. The van der Waals surface area contributed by atoms with Crippen molar-refractivity contribution in [1.82, 2.24) is 19.0 Å². The Balaban J connectivity index is 1.70. The summed E-state index contributed by atoms with van der Waals surface area (Å²) >= 11 is 0.941. The molecule has 0 atom stereocenters. The van der Waals surface area contributed by atoms with Crippen molar-refractivity contribution in [2.75, 3.05) is 6.54 Å². The van der Waals surface area contributed by atoms with Crippen LogP contribution in [0.5, 0.6) is 0 Å². The van der Waals surface area contributed by atoms with E-state index >= 15 is 0 Å². The van der Waals surface area contributed by atoms with Crippen LogP contribution < -0.4 is 5.32 Å². The first kappa shape index (κ1) is 17.5. The lowest BCUT2D eigenvalue weighted by Crippen LogP contribution is -2.43. The van der Waals surface area contributed by atoms with Crippen LogP contribution in [0.1, 0.15) is 41.7 Å². The number of halogens is 1. The molecule has 2 amide bonds. The van der Waals surface area contributed by atoms with E-state index in [9.17, 15) is 14.0 Å². The van der Waals surface area contributed by atoms with Crippen LogP contribution in [0.15, 0.2) is 30.5 Å². The highest BCUT2D eigenvalue weighted by Gasteiger charge is 2.23. The standard InChI is InChI=1S/C17H19FN4O2S/c18-13-7-5-12(6-8-13)10-22(17(24)15-9-19-25-21-15)11-16(23)20-14-3-1-2-4-14/h5-9,14H,1-4,10-11H2,(H,20,23). The number of benzene rings is 1. The van der Waals surface area contributed by atoms with Crippen LogP contribution in [0, 0.1) is 5.82 Å². The number of aromatic nitrogens is 2. The maximum Gasteiger partial charge on any atom is 0.276 e. The van der Waals surface area contributed by atoms with Crippen LogP contribution in [0.4, 0.5) is 4.39 Å². The largest absolute Gasteiger partial charge is 0.352 e. The van der Waals surface area contributed by atoms with Gasteiger partial charge in [0.25, 0.3) is 5.91 Å². The summed E-state index contributed by atoms with van der Waals surface area (Å²) in [5.41, 5.74) is 0.951. The molecule has 3 rings (SSSR count). The van der Waals surface area contributed by atoms with Crippen LogP contribution in [-0.2, 0) is 11.3 Å². The molecule has 6 nitrogen and oxygen atoms in total. The molecule has 1 heterocycles. The SMILES string of the molecule is O=C(CN(Cc1ccc(F)cc1)C(=O)c1cnsn1)NC1CCCC1. The Bertz CT molecular complexity index is 715. The van der Waals surface area contributed by atoms with E-state index in [1.165, 1.54) is 23.2 Å². The van der Waals surface area contributed by atoms with Gasteiger partial charge in [-0.25, -0.2) is 4.39 Å². The van der Waals surface area contributed by atoms with E-state index in [-0.39, 0.29) is 42.5 Å². The van der Waals surface area contributed by atoms with Gasteiger partial charge in [-0.1, -0.05) is 25.0 Å². The molecule has 1 N–H and O–H groups in total. The second-order valence-electron chi connectivity index (χ2n) is 6.13. The van der Waals surface area contributed by atoms with Gasteiger partial charge >= 0.3 is 0 Å². The predicted molar refractivity (Wildman–Crippen MR) is 91.4 cm³/mol.